The Hall–Kier alpha value is -8.34. The molecule has 0 unspecified atom stereocenters. The second-order valence-electron chi connectivity index (χ2n) is 16.5. The van der Waals surface area contributed by atoms with Crippen LogP contribution in [-0.2, 0) is 0 Å². The highest BCUT2D eigenvalue weighted by Crippen LogP contribution is 2.46. The van der Waals surface area contributed by atoms with E-state index in [1.54, 1.807) is 0 Å². The van der Waals surface area contributed by atoms with E-state index >= 15 is 0 Å². The van der Waals surface area contributed by atoms with Gasteiger partial charge in [-0.1, -0.05) is 164 Å². The zero-order valence-corrected chi connectivity index (χ0v) is 33.4. The van der Waals surface area contributed by atoms with Crippen LogP contribution in [0.2, 0.25) is 0 Å². The van der Waals surface area contributed by atoms with Crippen molar-refractivity contribution in [2.75, 3.05) is 0 Å². The fraction of sp³-hybridized carbons (Fsp3) is 0. The number of hydrogen-bond acceptors (Lipinski definition) is 2. The maximum atomic E-state index is 5.81. The zero-order chi connectivity index (χ0) is 40.5. The van der Waals surface area contributed by atoms with Gasteiger partial charge in [-0.15, -0.1) is 0 Å². The van der Waals surface area contributed by atoms with Crippen LogP contribution in [0.5, 0.6) is 0 Å². The van der Waals surface area contributed by atoms with Crippen molar-refractivity contribution in [2.24, 2.45) is 0 Å². The van der Waals surface area contributed by atoms with E-state index in [1.807, 2.05) is 0 Å². The predicted molar refractivity (Wildman–Crippen MR) is 261 cm³/mol. The highest BCUT2D eigenvalue weighted by molar-refractivity contribution is 6.36. The van der Waals surface area contributed by atoms with Gasteiger partial charge in [-0.2, -0.15) is 0 Å². The molecular weight excluding hydrogens is 753 g/mol. The van der Waals surface area contributed by atoms with Gasteiger partial charge in [0.25, 0.3) is 0 Å². The monoisotopic (exact) mass is 786 g/mol. The molecule has 0 fully saturated rings. The van der Waals surface area contributed by atoms with Crippen molar-refractivity contribution in [1.82, 2.24) is 19.1 Å². The van der Waals surface area contributed by atoms with Crippen LogP contribution in [0.4, 0.5) is 0 Å². The van der Waals surface area contributed by atoms with Crippen molar-refractivity contribution in [3.8, 4) is 22.8 Å². The van der Waals surface area contributed by atoms with E-state index in [0.717, 1.165) is 61.1 Å². The van der Waals surface area contributed by atoms with Gasteiger partial charge in [-0.25, -0.2) is 9.97 Å². The lowest BCUT2D eigenvalue weighted by Gasteiger charge is -2.16. The maximum absolute atomic E-state index is 5.81. The molecule has 0 N–H and O–H groups in total. The minimum absolute atomic E-state index is 0.806. The third-order valence-electron chi connectivity index (χ3n) is 13.2. The molecule has 0 radical (unpaired) electrons. The first-order chi connectivity index (χ1) is 30.8. The number of fused-ring (bicyclic) bond motifs is 18. The molecule has 14 aromatic rings. The third kappa shape index (κ3) is 4.55. The number of aromatic nitrogens is 4. The van der Waals surface area contributed by atoms with Gasteiger partial charge in [0, 0.05) is 49.0 Å². The number of rotatable bonds is 3. The van der Waals surface area contributed by atoms with Crippen molar-refractivity contribution in [1.29, 1.82) is 0 Å². The van der Waals surface area contributed by atoms with Crippen LogP contribution in [0.3, 0.4) is 0 Å². The second kappa shape index (κ2) is 12.6. The van der Waals surface area contributed by atoms with Gasteiger partial charge in [0.1, 0.15) is 5.69 Å². The molecule has 286 valence electrons. The van der Waals surface area contributed by atoms with Crippen molar-refractivity contribution >= 4 is 109 Å². The smallest absolute Gasteiger partial charge is 0.165 e. The Morgan fingerprint density at radius 3 is 1.68 bits per heavy atom. The summed E-state index contributed by atoms with van der Waals surface area (Å²) in [6, 6.07) is 74.8. The SMILES string of the molecule is c1ccc(-n2c3ccccc3c3cc(-c4nc5ccc6ccccc6c5nc4-n4c5ccc6c7ccccc7c7ccccc7c6c5c5ccc6ccccc6c54)ccc32)cc1. The van der Waals surface area contributed by atoms with E-state index in [4.69, 9.17) is 9.97 Å². The average molecular weight is 787 g/mol. The molecule has 4 nitrogen and oxygen atoms in total. The summed E-state index contributed by atoms with van der Waals surface area (Å²) in [6.45, 7) is 0. The molecule has 0 aliphatic rings. The zero-order valence-electron chi connectivity index (χ0n) is 33.4. The van der Waals surface area contributed by atoms with E-state index < -0.39 is 0 Å². The Balaban J connectivity index is 1.18. The first-order valence-corrected chi connectivity index (χ1v) is 21.3. The first-order valence-electron chi connectivity index (χ1n) is 21.3. The molecule has 11 aromatic carbocycles. The average Bonchev–Trinajstić information content (AvgIpc) is 3.87. The van der Waals surface area contributed by atoms with E-state index in [0.29, 0.717) is 0 Å². The lowest BCUT2D eigenvalue weighted by atomic mass is 9.91. The van der Waals surface area contributed by atoms with Crippen LogP contribution in [0.1, 0.15) is 0 Å². The Bertz CT molecular complexity index is 4180. The summed E-state index contributed by atoms with van der Waals surface area (Å²) in [7, 11) is 0. The van der Waals surface area contributed by atoms with Crippen LogP contribution in [-0.4, -0.2) is 19.1 Å². The summed E-state index contributed by atoms with van der Waals surface area (Å²) in [5, 5.41) is 16.9. The van der Waals surface area contributed by atoms with Crippen LogP contribution in [0.25, 0.3) is 131 Å². The summed E-state index contributed by atoms with van der Waals surface area (Å²) in [5.41, 5.74) is 9.27. The van der Waals surface area contributed by atoms with E-state index in [2.05, 4.69) is 215 Å². The van der Waals surface area contributed by atoms with Gasteiger partial charge in [0.05, 0.1) is 33.1 Å². The Kier molecular flexibility index (Phi) is 6.80. The highest BCUT2D eigenvalue weighted by atomic mass is 15.1. The van der Waals surface area contributed by atoms with Gasteiger partial charge in [-0.05, 0) is 80.2 Å². The lowest BCUT2D eigenvalue weighted by Crippen LogP contribution is -2.04. The maximum Gasteiger partial charge on any atom is 0.165 e. The molecule has 0 spiro atoms. The molecule has 3 heterocycles. The number of para-hydroxylation sites is 2. The van der Waals surface area contributed by atoms with Crippen LogP contribution in [0, 0.1) is 0 Å². The van der Waals surface area contributed by atoms with Crippen molar-refractivity contribution in [3.63, 3.8) is 0 Å². The molecule has 0 aliphatic heterocycles. The fourth-order valence-electron chi connectivity index (χ4n) is 10.6. The predicted octanol–water partition coefficient (Wildman–Crippen LogP) is 15.3. The van der Waals surface area contributed by atoms with Crippen LogP contribution >= 0.6 is 0 Å². The van der Waals surface area contributed by atoms with Crippen LogP contribution < -0.4 is 0 Å². The molecule has 0 saturated carbocycles. The molecule has 0 bridgehead atoms. The molecule has 0 atom stereocenters. The van der Waals surface area contributed by atoms with Crippen LogP contribution in [0.15, 0.2) is 206 Å². The Morgan fingerprint density at radius 1 is 0.323 bits per heavy atom. The topological polar surface area (TPSA) is 35.6 Å². The molecule has 4 heteroatoms. The van der Waals surface area contributed by atoms with E-state index in [1.165, 1.54) is 70.2 Å². The molecule has 14 rings (SSSR count). The normalized spacial score (nSPS) is 12.2. The minimum Gasteiger partial charge on any atom is -0.309 e. The number of hydrogen-bond donors (Lipinski definition) is 0. The van der Waals surface area contributed by atoms with Crippen molar-refractivity contribution < 1.29 is 0 Å². The molecule has 3 aromatic heterocycles. The van der Waals surface area contributed by atoms with E-state index in [9.17, 15) is 0 Å². The van der Waals surface area contributed by atoms with Gasteiger partial charge < -0.3 is 4.57 Å². The van der Waals surface area contributed by atoms with Gasteiger partial charge in [0.15, 0.2) is 5.82 Å². The summed E-state index contributed by atoms with van der Waals surface area (Å²) >= 11 is 0. The number of nitrogens with zero attached hydrogens (tertiary/aromatic N) is 4. The fourth-order valence-corrected chi connectivity index (χ4v) is 10.6. The summed E-state index contributed by atoms with van der Waals surface area (Å²) in [6.07, 6.45) is 0. The summed E-state index contributed by atoms with van der Waals surface area (Å²) < 4.78 is 4.79. The quantitative estimate of drug-likeness (QED) is 0.167. The summed E-state index contributed by atoms with van der Waals surface area (Å²) in [5.74, 6) is 0.806. The minimum atomic E-state index is 0.806. The summed E-state index contributed by atoms with van der Waals surface area (Å²) in [4.78, 5) is 11.5. The number of benzene rings is 11. The molecule has 0 aliphatic carbocycles. The van der Waals surface area contributed by atoms with Crippen molar-refractivity contribution in [2.45, 2.75) is 0 Å². The Labute approximate surface area is 355 Å². The van der Waals surface area contributed by atoms with Gasteiger partial charge >= 0.3 is 0 Å². The largest absolute Gasteiger partial charge is 0.309 e. The molecule has 0 amide bonds. The van der Waals surface area contributed by atoms with Crippen molar-refractivity contribution in [3.05, 3.63) is 206 Å². The molecular formula is C58H34N4. The molecule has 62 heavy (non-hydrogen) atoms. The van der Waals surface area contributed by atoms with Gasteiger partial charge in [-0.3, -0.25) is 4.57 Å². The van der Waals surface area contributed by atoms with Gasteiger partial charge in [0.2, 0.25) is 0 Å². The first kappa shape index (κ1) is 33.5. The second-order valence-corrected chi connectivity index (χ2v) is 16.5. The third-order valence-corrected chi connectivity index (χ3v) is 13.2. The highest BCUT2D eigenvalue weighted by Gasteiger charge is 2.25. The standard InChI is InChI=1S/C58H34N4/c1-2-16-38(17-3-1)61-50-25-13-12-23-44(50)48-34-37(28-32-51(48)61)55-58(60-56-39-18-6-4-14-35(39)27-31-49(56)59-55)62-52-33-30-46-43-22-9-8-20-41(43)42-21-10-11-24-45(42)53(46)54(52)47-29-26-36-15-5-7-19-40(36)57(47)62/h1-34H. The van der Waals surface area contributed by atoms with E-state index in [-0.39, 0.29) is 0 Å². The lowest BCUT2D eigenvalue weighted by molar-refractivity contribution is 1.09. The molecule has 0 saturated heterocycles. The Morgan fingerprint density at radius 2 is 0.887 bits per heavy atom.